The first-order valence-corrected chi connectivity index (χ1v) is 8.85. The van der Waals surface area contributed by atoms with E-state index in [0.717, 1.165) is 11.1 Å². The normalized spacial score (nSPS) is 11.6. The van der Waals surface area contributed by atoms with E-state index in [9.17, 15) is 20.1 Å². The van der Waals surface area contributed by atoms with Crippen LogP contribution in [0.25, 0.3) is 5.95 Å². The maximum Gasteiger partial charge on any atom is 0.247 e. The third-order valence-electron chi connectivity index (χ3n) is 4.08. The van der Waals surface area contributed by atoms with Crippen LogP contribution in [0.5, 0.6) is 0 Å². The molecule has 1 unspecified atom stereocenters. The maximum absolute atomic E-state index is 11.5. The third-order valence-corrected chi connectivity index (χ3v) is 4.08. The smallest absolute Gasteiger partial charge is 0.247 e. The van der Waals surface area contributed by atoms with Gasteiger partial charge in [0.2, 0.25) is 17.7 Å². The van der Waals surface area contributed by atoms with Crippen molar-refractivity contribution in [3.05, 3.63) is 29.0 Å². The molecule has 14 nitrogen and oxygen atoms in total. The van der Waals surface area contributed by atoms with E-state index in [-0.39, 0.29) is 52.1 Å². The molecule has 31 heavy (non-hydrogen) atoms. The average molecular weight is 418 g/mol. The topological polar surface area (TPSA) is 204 Å². The number of nitrogens with zero attached hydrogens (tertiary/aromatic N) is 10. The van der Waals surface area contributed by atoms with Gasteiger partial charge in [0.15, 0.2) is 18.3 Å². The fourth-order valence-corrected chi connectivity index (χ4v) is 2.38. The first-order chi connectivity index (χ1) is 15.1. The van der Waals surface area contributed by atoms with Crippen molar-refractivity contribution < 1.29 is 9.59 Å². The zero-order chi connectivity index (χ0) is 22.4. The minimum absolute atomic E-state index is 0.00845. The molecule has 0 saturated carbocycles. The van der Waals surface area contributed by atoms with Gasteiger partial charge < -0.3 is 5.32 Å². The molecule has 3 aromatic heterocycles. The summed E-state index contributed by atoms with van der Waals surface area (Å²) in [6.07, 6.45) is 2.78. The van der Waals surface area contributed by atoms with E-state index >= 15 is 0 Å². The van der Waals surface area contributed by atoms with Crippen LogP contribution in [-0.4, -0.2) is 53.5 Å². The van der Waals surface area contributed by atoms with Gasteiger partial charge in [0.05, 0.1) is 0 Å². The highest BCUT2D eigenvalue weighted by molar-refractivity contribution is 5.90. The molecular formula is C17H14N12O2. The number of anilines is 1. The van der Waals surface area contributed by atoms with Crippen LogP contribution in [0, 0.1) is 22.7 Å². The van der Waals surface area contributed by atoms with E-state index < -0.39 is 0 Å². The summed E-state index contributed by atoms with van der Waals surface area (Å²) in [5.41, 5.74) is -0.889. The average Bonchev–Trinajstić information content (AvgIpc) is 3.44. The van der Waals surface area contributed by atoms with Crippen molar-refractivity contribution >= 4 is 30.0 Å². The Hall–Kier alpha value is -4.85. The van der Waals surface area contributed by atoms with Crippen LogP contribution >= 0.6 is 0 Å². The number of rotatable bonds is 8. The van der Waals surface area contributed by atoms with E-state index in [2.05, 4.69) is 45.8 Å². The molecule has 1 atom stereocenters. The number of aromatic amines is 1. The Morgan fingerprint density at radius 3 is 2.45 bits per heavy atom. The van der Waals surface area contributed by atoms with Crippen LogP contribution in [0.1, 0.15) is 52.5 Å². The summed E-state index contributed by atoms with van der Waals surface area (Å²) < 4.78 is 1.04. The van der Waals surface area contributed by atoms with E-state index in [4.69, 9.17) is 0 Å². The summed E-state index contributed by atoms with van der Waals surface area (Å²) in [5, 5.41) is 39.7. The number of hydrogen-bond donors (Lipinski definition) is 2. The van der Waals surface area contributed by atoms with Gasteiger partial charge in [0, 0.05) is 6.04 Å². The number of aromatic nitrogens is 7. The molecule has 0 fully saturated rings. The van der Waals surface area contributed by atoms with Crippen molar-refractivity contribution in [1.82, 2.24) is 34.9 Å². The highest BCUT2D eigenvalue weighted by Gasteiger charge is 2.21. The molecule has 3 rings (SSSR count). The van der Waals surface area contributed by atoms with Crippen molar-refractivity contribution in [1.29, 1.82) is 10.5 Å². The zero-order valence-corrected chi connectivity index (χ0v) is 16.3. The van der Waals surface area contributed by atoms with Crippen LogP contribution in [0.15, 0.2) is 16.6 Å². The number of nitrogens with one attached hydrogen (secondary N) is 2. The molecular weight excluding hydrogens is 404 g/mol. The van der Waals surface area contributed by atoms with E-state index in [1.165, 1.54) is 6.33 Å². The predicted molar refractivity (Wildman–Crippen MR) is 103 cm³/mol. The lowest BCUT2D eigenvalue weighted by atomic mass is 10.2. The first-order valence-electron chi connectivity index (χ1n) is 8.85. The van der Waals surface area contributed by atoms with Crippen molar-refractivity contribution in [2.75, 3.05) is 5.32 Å². The number of hydrogen-bond acceptors (Lipinski definition) is 12. The van der Waals surface area contributed by atoms with Crippen LogP contribution in [0.3, 0.4) is 0 Å². The number of aldehydes is 2. The first kappa shape index (κ1) is 20.9. The Labute approximate surface area is 174 Å². The lowest BCUT2D eigenvalue weighted by Crippen LogP contribution is -2.17. The third kappa shape index (κ3) is 4.13. The van der Waals surface area contributed by atoms with Crippen LogP contribution in [0.4, 0.5) is 17.5 Å². The van der Waals surface area contributed by atoms with Crippen molar-refractivity contribution in [3.8, 4) is 18.1 Å². The van der Waals surface area contributed by atoms with Gasteiger partial charge in [-0.2, -0.15) is 25.3 Å². The van der Waals surface area contributed by atoms with Gasteiger partial charge in [-0.3, -0.25) is 9.59 Å². The van der Waals surface area contributed by atoms with Gasteiger partial charge in [-0.1, -0.05) is 6.92 Å². The quantitative estimate of drug-likeness (QED) is 0.400. The summed E-state index contributed by atoms with van der Waals surface area (Å²) >= 11 is 0. The number of azo groups is 1. The van der Waals surface area contributed by atoms with E-state index in [0.29, 0.717) is 12.6 Å². The summed E-state index contributed by atoms with van der Waals surface area (Å²) in [5.74, 6) is -0.0528. The molecule has 0 bridgehead atoms. The zero-order valence-electron chi connectivity index (χ0n) is 16.3. The molecule has 2 N–H and O–H groups in total. The molecule has 0 aliphatic carbocycles. The molecule has 3 heterocycles. The minimum Gasteiger partial charge on any atom is -0.352 e. The molecule has 0 spiro atoms. The second kappa shape index (κ2) is 9.10. The second-order valence-electron chi connectivity index (χ2n) is 6.05. The molecule has 0 radical (unpaired) electrons. The van der Waals surface area contributed by atoms with Crippen molar-refractivity contribution in [3.63, 3.8) is 0 Å². The van der Waals surface area contributed by atoms with Gasteiger partial charge in [-0.05, 0) is 13.3 Å². The maximum atomic E-state index is 11.5. The van der Waals surface area contributed by atoms with Crippen molar-refractivity contribution in [2.24, 2.45) is 10.2 Å². The molecule has 0 amide bonds. The molecule has 0 aliphatic heterocycles. The summed E-state index contributed by atoms with van der Waals surface area (Å²) in [7, 11) is 0. The lowest BCUT2D eigenvalue weighted by Gasteiger charge is -2.12. The minimum atomic E-state index is -0.231. The van der Waals surface area contributed by atoms with Gasteiger partial charge >= 0.3 is 0 Å². The fourth-order valence-electron chi connectivity index (χ4n) is 2.38. The molecule has 14 heteroatoms. The number of carbonyl (C=O) groups is 2. The number of carbonyl (C=O) groups excluding carboxylic acids is 2. The number of H-pyrrole nitrogens is 1. The highest BCUT2D eigenvalue weighted by atomic mass is 16.1. The van der Waals surface area contributed by atoms with E-state index in [1.54, 1.807) is 0 Å². The monoisotopic (exact) mass is 418 g/mol. The van der Waals surface area contributed by atoms with Gasteiger partial charge in [0.1, 0.15) is 41.1 Å². The SMILES string of the molecule is CCC(C)Nc1nc(C=O)c(N=Nc2nn(-c3ncn[nH]3)c(C#N)c2C#N)c(C=O)n1. The van der Waals surface area contributed by atoms with Gasteiger partial charge in [-0.15, -0.1) is 15.3 Å². The summed E-state index contributed by atoms with van der Waals surface area (Å²) in [6.45, 7) is 3.83. The van der Waals surface area contributed by atoms with E-state index in [1.807, 2.05) is 26.0 Å². The Morgan fingerprint density at radius 1 is 1.23 bits per heavy atom. The van der Waals surface area contributed by atoms with Crippen LogP contribution < -0.4 is 5.32 Å². The number of nitriles is 2. The van der Waals surface area contributed by atoms with Gasteiger partial charge in [0.25, 0.3) is 0 Å². The Kier molecular flexibility index (Phi) is 6.13. The second-order valence-corrected chi connectivity index (χ2v) is 6.05. The van der Waals surface area contributed by atoms with Crippen LogP contribution in [-0.2, 0) is 0 Å². The molecule has 154 valence electrons. The largest absolute Gasteiger partial charge is 0.352 e. The fraction of sp³-hybridized carbons (Fsp3) is 0.235. The Balaban J connectivity index is 2.08. The van der Waals surface area contributed by atoms with Crippen molar-refractivity contribution in [2.45, 2.75) is 26.3 Å². The Bertz CT molecular complexity index is 1200. The standard InChI is InChI=1S/C17H14N12O2/c1-3-9(2)22-16-23-11(6-30)14(12(7-31)24-16)25-26-15-10(4-18)13(5-19)29(28-15)17-20-8-21-27-17/h6-9H,3H2,1-2H3,(H,20,21,27)(H,22,23,24). The predicted octanol–water partition coefficient (Wildman–Crippen LogP) is 1.77. The molecule has 3 aromatic rings. The Morgan fingerprint density at radius 2 is 1.94 bits per heavy atom. The molecule has 0 aromatic carbocycles. The highest BCUT2D eigenvalue weighted by Crippen LogP contribution is 2.27. The van der Waals surface area contributed by atoms with Gasteiger partial charge in [-0.25, -0.2) is 15.1 Å². The van der Waals surface area contributed by atoms with Crippen LogP contribution in [0.2, 0.25) is 0 Å². The summed E-state index contributed by atoms with van der Waals surface area (Å²) in [4.78, 5) is 35.0. The summed E-state index contributed by atoms with van der Waals surface area (Å²) in [6, 6.07) is 3.68. The lowest BCUT2D eigenvalue weighted by molar-refractivity contribution is 0.111. The molecule has 0 aliphatic rings. The molecule has 0 saturated heterocycles.